The van der Waals surface area contributed by atoms with Gasteiger partial charge in [-0.05, 0) is 57.8 Å². The predicted molar refractivity (Wildman–Crippen MR) is 77.5 cm³/mol. The smallest absolute Gasteiger partial charge is 0.130 e. The van der Waals surface area contributed by atoms with E-state index in [0.717, 1.165) is 19.6 Å². The lowest BCUT2D eigenvalue weighted by atomic mass is 9.98. The summed E-state index contributed by atoms with van der Waals surface area (Å²) in [7, 11) is 0. The predicted octanol–water partition coefficient (Wildman–Crippen LogP) is 3.17. The Bertz CT molecular complexity index is 408. The summed E-state index contributed by atoms with van der Waals surface area (Å²) < 4.78 is 27.5. The summed E-state index contributed by atoms with van der Waals surface area (Å²) in [4.78, 5) is 2.17. The molecule has 1 heterocycles. The van der Waals surface area contributed by atoms with Gasteiger partial charge < -0.3 is 5.32 Å². The van der Waals surface area contributed by atoms with Crippen molar-refractivity contribution < 1.29 is 8.78 Å². The van der Waals surface area contributed by atoms with Gasteiger partial charge in [-0.3, -0.25) is 4.90 Å². The normalized spacial score (nSPS) is 19.8. The van der Waals surface area contributed by atoms with Crippen LogP contribution in [0.1, 0.15) is 32.3 Å². The topological polar surface area (TPSA) is 15.3 Å². The maximum atomic E-state index is 13.8. The molecule has 2 nitrogen and oxygen atoms in total. The molecule has 1 aliphatic rings. The Morgan fingerprint density at radius 3 is 2.55 bits per heavy atom. The van der Waals surface area contributed by atoms with Gasteiger partial charge in [-0.25, -0.2) is 8.78 Å². The highest BCUT2D eigenvalue weighted by Crippen LogP contribution is 2.19. The molecule has 1 atom stereocenters. The van der Waals surface area contributed by atoms with Crippen LogP contribution in [0.15, 0.2) is 18.2 Å². The fourth-order valence-electron chi connectivity index (χ4n) is 2.76. The molecule has 1 saturated heterocycles. The van der Waals surface area contributed by atoms with E-state index in [-0.39, 0.29) is 11.6 Å². The molecule has 1 aromatic carbocycles. The molecule has 0 aromatic heterocycles. The lowest BCUT2D eigenvalue weighted by Crippen LogP contribution is -2.41. The van der Waals surface area contributed by atoms with Crippen LogP contribution >= 0.6 is 0 Å². The molecular weight excluding hydrogens is 258 g/mol. The first-order valence-corrected chi connectivity index (χ1v) is 7.45. The molecule has 0 bridgehead atoms. The van der Waals surface area contributed by atoms with Crippen LogP contribution in [0.3, 0.4) is 0 Å². The zero-order valence-corrected chi connectivity index (χ0v) is 12.3. The Kier molecular flexibility index (Phi) is 5.49. The van der Waals surface area contributed by atoms with Gasteiger partial charge in [0.2, 0.25) is 0 Å². The first-order valence-electron chi connectivity index (χ1n) is 7.45. The van der Waals surface area contributed by atoms with Gasteiger partial charge in [-0.15, -0.1) is 0 Å². The van der Waals surface area contributed by atoms with Crippen molar-refractivity contribution in [2.45, 2.75) is 39.3 Å². The highest BCUT2D eigenvalue weighted by molar-refractivity contribution is 5.19. The maximum absolute atomic E-state index is 13.8. The molecule has 1 N–H and O–H groups in total. The Morgan fingerprint density at radius 1 is 1.30 bits per heavy atom. The molecular formula is C16H24F2N2. The summed E-state index contributed by atoms with van der Waals surface area (Å²) in [6, 6.07) is 4.35. The van der Waals surface area contributed by atoms with E-state index in [2.05, 4.69) is 24.1 Å². The van der Waals surface area contributed by atoms with Crippen molar-refractivity contribution in [3.63, 3.8) is 0 Å². The molecule has 4 heteroatoms. The number of halogens is 2. The van der Waals surface area contributed by atoms with E-state index in [0.29, 0.717) is 12.5 Å². The van der Waals surface area contributed by atoms with E-state index in [1.54, 1.807) is 0 Å². The van der Waals surface area contributed by atoms with Crippen LogP contribution in [0, 0.1) is 17.6 Å². The number of nitrogens with zero attached hydrogens (tertiary/aromatic N) is 1. The van der Waals surface area contributed by atoms with Crippen molar-refractivity contribution in [3.05, 3.63) is 35.4 Å². The molecule has 1 fully saturated rings. The lowest BCUT2D eigenvalue weighted by molar-refractivity contribution is 0.160. The molecule has 0 saturated carbocycles. The van der Waals surface area contributed by atoms with Crippen LogP contribution < -0.4 is 5.32 Å². The van der Waals surface area contributed by atoms with E-state index in [4.69, 9.17) is 0 Å². The van der Waals surface area contributed by atoms with Gasteiger partial charge in [-0.1, -0.05) is 6.07 Å². The average molecular weight is 282 g/mol. The van der Waals surface area contributed by atoms with Gasteiger partial charge in [0.1, 0.15) is 11.6 Å². The van der Waals surface area contributed by atoms with Crippen molar-refractivity contribution in [2.75, 3.05) is 19.6 Å². The summed E-state index contributed by atoms with van der Waals surface area (Å²) >= 11 is 0. The molecule has 0 amide bonds. The van der Waals surface area contributed by atoms with Crippen LogP contribution in [0.2, 0.25) is 0 Å². The number of benzene rings is 1. The van der Waals surface area contributed by atoms with Gasteiger partial charge in [0.25, 0.3) is 0 Å². The SMILES string of the molecule is CC(C)N(Cc1c(F)cccc1F)CC1CCCNC1. The quantitative estimate of drug-likeness (QED) is 0.892. The van der Waals surface area contributed by atoms with Crippen molar-refractivity contribution >= 4 is 0 Å². The zero-order chi connectivity index (χ0) is 14.5. The van der Waals surface area contributed by atoms with Crippen molar-refractivity contribution in [2.24, 2.45) is 5.92 Å². The fourth-order valence-corrected chi connectivity index (χ4v) is 2.76. The van der Waals surface area contributed by atoms with Crippen LogP contribution in [0.25, 0.3) is 0 Å². The van der Waals surface area contributed by atoms with Gasteiger partial charge in [-0.2, -0.15) is 0 Å². The molecule has 2 rings (SSSR count). The van der Waals surface area contributed by atoms with E-state index < -0.39 is 11.6 Å². The standard InChI is InChI=1S/C16H24F2N2/c1-12(2)20(10-13-5-4-8-19-9-13)11-14-15(17)6-3-7-16(14)18/h3,6-7,12-13,19H,4-5,8-11H2,1-2H3. The van der Waals surface area contributed by atoms with Gasteiger partial charge in [0.05, 0.1) is 0 Å². The van der Waals surface area contributed by atoms with E-state index in [1.807, 2.05) is 0 Å². The molecule has 1 aromatic rings. The number of hydrogen-bond acceptors (Lipinski definition) is 2. The zero-order valence-electron chi connectivity index (χ0n) is 12.3. The molecule has 0 aliphatic carbocycles. The molecule has 0 spiro atoms. The second kappa shape index (κ2) is 7.14. The third kappa shape index (κ3) is 4.00. The van der Waals surface area contributed by atoms with E-state index in [1.165, 1.54) is 31.0 Å². The van der Waals surface area contributed by atoms with Gasteiger partial charge in [0.15, 0.2) is 0 Å². The largest absolute Gasteiger partial charge is 0.316 e. The Labute approximate surface area is 120 Å². The lowest BCUT2D eigenvalue weighted by Gasteiger charge is -2.33. The minimum atomic E-state index is -0.447. The van der Waals surface area contributed by atoms with Gasteiger partial charge in [0, 0.05) is 24.7 Å². The highest BCUT2D eigenvalue weighted by Gasteiger charge is 2.21. The molecule has 112 valence electrons. The summed E-state index contributed by atoms with van der Waals surface area (Å²) in [5.74, 6) is -0.323. The number of piperidine rings is 1. The number of rotatable bonds is 5. The van der Waals surface area contributed by atoms with Crippen molar-refractivity contribution in [1.29, 1.82) is 0 Å². The number of nitrogens with one attached hydrogen (secondary N) is 1. The highest BCUT2D eigenvalue weighted by atomic mass is 19.1. The van der Waals surface area contributed by atoms with E-state index >= 15 is 0 Å². The third-order valence-corrected chi connectivity index (χ3v) is 4.04. The number of hydrogen-bond donors (Lipinski definition) is 1. The summed E-state index contributed by atoms with van der Waals surface area (Å²) in [5, 5.41) is 3.39. The second-order valence-electron chi connectivity index (χ2n) is 5.94. The first-order chi connectivity index (χ1) is 9.58. The second-order valence-corrected chi connectivity index (χ2v) is 5.94. The fraction of sp³-hybridized carbons (Fsp3) is 0.625. The monoisotopic (exact) mass is 282 g/mol. The Morgan fingerprint density at radius 2 is 2.00 bits per heavy atom. The molecule has 20 heavy (non-hydrogen) atoms. The Balaban J connectivity index is 2.05. The average Bonchev–Trinajstić information content (AvgIpc) is 2.42. The van der Waals surface area contributed by atoms with Gasteiger partial charge >= 0.3 is 0 Å². The van der Waals surface area contributed by atoms with Crippen molar-refractivity contribution in [3.8, 4) is 0 Å². The summed E-state index contributed by atoms with van der Waals surface area (Å²) in [6.07, 6.45) is 2.38. The first kappa shape index (κ1) is 15.4. The van der Waals surface area contributed by atoms with Crippen LogP contribution in [0.4, 0.5) is 8.78 Å². The maximum Gasteiger partial charge on any atom is 0.130 e. The van der Waals surface area contributed by atoms with E-state index in [9.17, 15) is 8.78 Å². The molecule has 1 unspecified atom stereocenters. The van der Waals surface area contributed by atoms with Crippen LogP contribution in [-0.4, -0.2) is 30.6 Å². The molecule has 0 radical (unpaired) electrons. The molecule has 1 aliphatic heterocycles. The van der Waals surface area contributed by atoms with Crippen molar-refractivity contribution in [1.82, 2.24) is 10.2 Å². The van der Waals surface area contributed by atoms with Crippen LogP contribution in [0.5, 0.6) is 0 Å². The summed E-state index contributed by atoms with van der Waals surface area (Å²) in [6.45, 7) is 7.47. The summed E-state index contributed by atoms with van der Waals surface area (Å²) in [5.41, 5.74) is 0.185. The minimum absolute atomic E-state index is 0.185. The third-order valence-electron chi connectivity index (χ3n) is 4.04. The van der Waals surface area contributed by atoms with Crippen LogP contribution in [-0.2, 0) is 6.54 Å². The Hall–Kier alpha value is -1.00. The minimum Gasteiger partial charge on any atom is -0.316 e.